The van der Waals surface area contributed by atoms with Gasteiger partial charge in [-0.05, 0) is 29.8 Å². The van der Waals surface area contributed by atoms with Gasteiger partial charge in [-0.15, -0.1) is 0 Å². The fourth-order valence-electron chi connectivity index (χ4n) is 1.69. The van der Waals surface area contributed by atoms with Crippen LogP contribution in [-0.4, -0.2) is 9.97 Å². The van der Waals surface area contributed by atoms with E-state index in [-0.39, 0.29) is 24.1 Å². The molecular weight excluding hydrogens is 312 g/mol. The van der Waals surface area contributed by atoms with Crippen LogP contribution in [0.5, 0.6) is 0 Å². The van der Waals surface area contributed by atoms with Gasteiger partial charge < -0.3 is 5.32 Å². The topological polar surface area (TPSA) is 37.8 Å². The summed E-state index contributed by atoms with van der Waals surface area (Å²) in [6.45, 7) is -0.267. The molecule has 0 spiro atoms. The molecule has 0 aliphatic rings. The Morgan fingerprint density at radius 3 is 1.77 bits per heavy atom. The Hall–Kier alpha value is -2.32. The third kappa shape index (κ3) is 4.09. The molecule has 9 heteroatoms. The molecule has 1 aromatic carbocycles. The fraction of sp³-hybridized carbons (Fsp3) is 0.231. The van der Waals surface area contributed by atoms with Crippen molar-refractivity contribution < 1.29 is 26.3 Å². The number of hydrogen-bond acceptors (Lipinski definition) is 3. The maximum atomic E-state index is 12.7. The zero-order valence-electron chi connectivity index (χ0n) is 10.8. The zero-order chi connectivity index (χ0) is 16.4. The lowest BCUT2D eigenvalue weighted by Gasteiger charge is -2.14. The van der Waals surface area contributed by atoms with E-state index in [2.05, 4.69) is 15.3 Å². The molecule has 0 saturated carbocycles. The van der Waals surface area contributed by atoms with Crippen LogP contribution in [0.3, 0.4) is 0 Å². The molecule has 2 rings (SSSR count). The number of aromatic nitrogens is 2. The van der Waals surface area contributed by atoms with Gasteiger partial charge in [-0.2, -0.15) is 26.3 Å². The summed E-state index contributed by atoms with van der Waals surface area (Å²) >= 11 is 0. The highest BCUT2D eigenvalue weighted by Crippen LogP contribution is 2.36. The van der Waals surface area contributed by atoms with Crippen molar-refractivity contribution in [2.75, 3.05) is 5.32 Å². The SMILES string of the molecule is FC(F)(F)c1cc(CNc2ncccn2)cc(C(F)(F)F)c1. The van der Waals surface area contributed by atoms with Crippen LogP contribution in [0, 0.1) is 0 Å². The van der Waals surface area contributed by atoms with Crippen molar-refractivity contribution in [2.24, 2.45) is 0 Å². The first kappa shape index (κ1) is 16.1. The van der Waals surface area contributed by atoms with E-state index in [1.165, 1.54) is 18.5 Å². The number of alkyl halides is 6. The lowest BCUT2D eigenvalue weighted by molar-refractivity contribution is -0.143. The van der Waals surface area contributed by atoms with Crippen molar-refractivity contribution in [1.82, 2.24) is 9.97 Å². The van der Waals surface area contributed by atoms with Crippen molar-refractivity contribution in [3.05, 3.63) is 53.3 Å². The van der Waals surface area contributed by atoms with E-state index in [0.717, 1.165) is 0 Å². The van der Waals surface area contributed by atoms with E-state index < -0.39 is 23.5 Å². The number of anilines is 1. The summed E-state index contributed by atoms with van der Waals surface area (Å²) in [6.07, 6.45) is -6.94. The standard InChI is InChI=1S/C13H9F6N3/c14-12(15,16)9-4-8(5-10(6-9)13(17,18)19)7-22-11-20-2-1-3-21-11/h1-6H,7H2,(H,20,21,22). The van der Waals surface area contributed by atoms with Crippen LogP contribution in [0.25, 0.3) is 0 Å². The second-order valence-corrected chi connectivity index (χ2v) is 4.34. The smallest absolute Gasteiger partial charge is 0.350 e. The van der Waals surface area contributed by atoms with Crippen LogP contribution in [0.4, 0.5) is 32.3 Å². The Morgan fingerprint density at radius 2 is 1.32 bits per heavy atom. The number of nitrogens with zero attached hydrogens (tertiary/aromatic N) is 2. The molecule has 0 fully saturated rings. The first-order valence-electron chi connectivity index (χ1n) is 5.95. The Bertz CT molecular complexity index is 604. The Kier molecular flexibility index (Phi) is 4.25. The van der Waals surface area contributed by atoms with Crippen LogP contribution >= 0.6 is 0 Å². The van der Waals surface area contributed by atoms with Crippen LogP contribution in [0.1, 0.15) is 16.7 Å². The first-order valence-corrected chi connectivity index (χ1v) is 5.95. The molecule has 0 radical (unpaired) electrons. The van der Waals surface area contributed by atoms with Crippen LogP contribution in [-0.2, 0) is 18.9 Å². The van der Waals surface area contributed by atoms with Crippen LogP contribution in [0.2, 0.25) is 0 Å². The maximum Gasteiger partial charge on any atom is 0.416 e. The molecule has 118 valence electrons. The lowest BCUT2D eigenvalue weighted by atomic mass is 10.0. The number of hydrogen-bond donors (Lipinski definition) is 1. The lowest BCUT2D eigenvalue weighted by Crippen LogP contribution is -2.13. The molecule has 0 atom stereocenters. The monoisotopic (exact) mass is 321 g/mol. The average Bonchev–Trinajstić information content (AvgIpc) is 2.44. The van der Waals surface area contributed by atoms with Crippen LogP contribution in [0.15, 0.2) is 36.7 Å². The molecule has 2 aromatic rings. The Morgan fingerprint density at radius 1 is 0.818 bits per heavy atom. The van der Waals surface area contributed by atoms with Crippen molar-refractivity contribution >= 4 is 5.95 Å². The van der Waals surface area contributed by atoms with Gasteiger partial charge in [-0.25, -0.2) is 9.97 Å². The average molecular weight is 321 g/mol. The predicted octanol–water partition coefficient (Wildman–Crippen LogP) is 4.13. The molecule has 0 aliphatic carbocycles. The minimum atomic E-state index is -4.86. The van der Waals surface area contributed by atoms with Gasteiger partial charge in [0.2, 0.25) is 5.95 Å². The van der Waals surface area contributed by atoms with E-state index in [4.69, 9.17) is 0 Å². The molecule has 1 heterocycles. The number of nitrogens with one attached hydrogen (secondary N) is 1. The van der Waals surface area contributed by atoms with Gasteiger partial charge >= 0.3 is 12.4 Å². The van der Waals surface area contributed by atoms with Crippen molar-refractivity contribution in [1.29, 1.82) is 0 Å². The molecule has 0 aliphatic heterocycles. The van der Waals surface area contributed by atoms with Gasteiger partial charge in [0.05, 0.1) is 11.1 Å². The van der Waals surface area contributed by atoms with Gasteiger partial charge in [0.1, 0.15) is 0 Å². The van der Waals surface area contributed by atoms with E-state index in [9.17, 15) is 26.3 Å². The molecule has 0 amide bonds. The van der Waals surface area contributed by atoms with Gasteiger partial charge in [-0.3, -0.25) is 0 Å². The van der Waals surface area contributed by atoms with E-state index in [1.807, 2.05) is 0 Å². The zero-order valence-corrected chi connectivity index (χ0v) is 10.8. The molecule has 3 nitrogen and oxygen atoms in total. The third-order valence-electron chi connectivity index (χ3n) is 2.66. The predicted molar refractivity (Wildman–Crippen MR) is 65.8 cm³/mol. The van der Waals surface area contributed by atoms with Crippen LogP contribution < -0.4 is 5.32 Å². The van der Waals surface area contributed by atoms with Gasteiger partial charge in [0.25, 0.3) is 0 Å². The number of rotatable bonds is 3. The quantitative estimate of drug-likeness (QED) is 0.864. The van der Waals surface area contributed by atoms with Gasteiger partial charge in [-0.1, -0.05) is 0 Å². The molecular formula is C13H9F6N3. The summed E-state index contributed by atoms with van der Waals surface area (Å²) in [4.78, 5) is 7.54. The highest BCUT2D eigenvalue weighted by molar-refractivity contribution is 5.36. The number of halogens is 6. The van der Waals surface area contributed by atoms with Crippen molar-refractivity contribution in [3.63, 3.8) is 0 Å². The minimum absolute atomic E-state index is 0.0858. The highest BCUT2D eigenvalue weighted by Gasteiger charge is 2.36. The Labute approximate surface area is 121 Å². The summed E-state index contributed by atoms with van der Waals surface area (Å²) in [5.41, 5.74) is -2.88. The Balaban J connectivity index is 2.30. The molecule has 0 bridgehead atoms. The molecule has 0 saturated heterocycles. The third-order valence-corrected chi connectivity index (χ3v) is 2.66. The summed E-state index contributed by atoms with van der Waals surface area (Å²) in [5, 5.41) is 2.56. The highest BCUT2D eigenvalue weighted by atomic mass is 19.4. The fourth-order valence-corrected chi connectivity index (χ4v) is 1.69. The molecule has 1 N–H and O–H groups in total. The van der Waals surface area contributed by atoms with Crippen molar-refractivity contribution in [3.8, 4) is 0 Å². The maximum absolute atomic E-state index is 12.7. The largest absolute Gasteiger partial charge is 0.416 e. The molecule has 0 unspecified atom stereocenters. The summed E-state index contributed by atoms with van der Waals surface area (Å²) in [6, 6.07) is 2.93. The van der Waals surface area contributed by atoms with Gasteiger partial charge in [0, 0.05) is 18.9 Å². The second-order valence-electron chi connectivity index (χ2n) is 4.34. The van der Waals surface area contributed by atoms with Gasteiger partial charge in [0.15, 0.2) is 0 Å². The normalized spacial score (nSPS) is 12.3. The van der Waals surface area contributed by atoms with E-state index in [1.54, 1.807) is 0 Å². The molecule has 22 heavy (non-hydrogen) atoms. The van der Waals surface area contributed by atoms with E-state index in [0.29, 0.717) is 12.1 Å². The summed E-state index contributed by atoms with van der Waals surface area (Å²) in [7, 11) is 0. The summed E-state index contributed by atoms with van der Waals surface area (Å²) < 4.78 is 76.1. The first-order chi connectivity index (χ1) is 10.2. The van der Waals surface area contributed by atoms with Crippen molar-refractivity contribution in [2.45, 2.75) is 18.9 Å². The molecule has 1 aromatic heterocycles. The van der Waals surface area contributed by atoms with E-state index >= 15 is 0 Å². The minimum Gasteiger partial charge on any atom is -0.350 e. The second kappa shape index (κ2) is 5.82. The number of benzene rings is 1. The summed E-state index contributed by atoms with van der Waals surface area (Å²) in [5.74, 6) is 0.105.